The zero-order valence-corrected chi connectivity index (χ0v) is 17.7. The molecule has 3 rings (SSSR count). The Morgan fingerprint density at radius 3 is 2.52 bits per heavy atom. The summed E-state index contributed by atoms with van der Waals surface area (Å²) in [4.78, 5) is 29.6. The second kappa shape index (κ2) is 10.5. The summed E-state index contributed by atoms with van der Waals surface area (Å²) in [5.41, 5.74) is 1.45. The van der Waals surface area contributed by atoms with Crippen molar-refractivity contribution in [2.75, 3.05) is 17.2 Å². The van der Waals surface area contributed by atoms with Gasteiger partial charge in [0.15, 0.2) is 5.13 Å². The monoisotopic (exact) mass is 415 g/mol. The Balaban J connectivity index is 1.65. The molecule has 1 aliphatic carbocycles. The Labute approximate surface area is 176 Å². The quantitative estimate of drug-likeness (QED) is 0.605. The van der Waals surface area contributed by atoms with E-state index < -0.39 is 0 Å². The summed E-state index contributed by atoms with van der Waals surface area (Å²) in [6.45, 7) is 3.04. The van der Waals surface area contributed by atoms with Gasteiger partial charge in [0.25, 0.3) is 0 Å². The maximum absolute atomic E-state index is 12.9. The minimum absolute atomic E-state index is 0.0436. The molecule has 1 heterocycles. The van der Waals surface area contributed by atoms with Gasteiger partial charge in [-0.2, -0.15) is 0 Å². The van der Waals surface area contributed by atoms with Gasteiger partial charge in [-0.05, 0) is 31.2 Å². The number of anilines is 2. The van der Waals surface area contributed by atoms with Gasteiger partial charge in [-0.3, -0.25) is 9.59 Å². The van der Waals surface area contributed by atoms with Crippen LogP contribution in [-0.2, 0) is 20.9 Å². The first kappa shape index (κ1) is 21.5. The number of para-hydroxylation sites is 1. The molecule has 0 atom stereocenters. The molecule has 2 amide bonds. The lowest BCUT2D eigenvalue weighted by Crippen LogP contribution is -2.34. The third-order valence-electron chi connectivity index (χ3n) is 5.42. The molecule has 7 heteroatoms. The Kier molecular flexibility index (Phi) is 7.77. The fraction of sp³-hybridized carbons (Fsp3) is 0.500. The van der Waals surface area contributed by atoms with Crippen molar-refractivity contribution in [1.29, 1.82) is 0 Å². The van der Waals surface area contributed by atoms with Crippen LogP contribution in [0.2, 0.25) is 0 Å². The van der Waals surface area contributed by atoms with Gasteiger partial charge >= 0.3 is 0 Å². The number of benzene rings is 1. The highest BCUT2D eigenvalue weighted by atomic mass is 32.1. The highest BCUT2D eigenvalue weighted by Crippen LogP contribution is 2.43. The van der Waals surface area contributed by atoms with E-state index in [9.17, 15) is 9.59 Å². The van der Waals surface area contributed by atoms with Crippen LogP contribution in [0.4, 0.5) is 10.8 Å². The van der Waals surface area contributed by atoms with Gasteiger partial charge in [0, 0.05) is 42.3 Å². The molecule has 2 N–H and O–H groups in total. The van der Waals surface area contributed by atoms with Crippen molar-refractivity contribution in [2.24, 2.45) is 5.41 Å². The van der Waals surface area contributed by atoms with Crippen molar-refractivity contribution < 1.29 is 14.3 Å². The zero-order valence-electron chi connectivity index (χ0n) is 16.9. The van der Waals surface area contributed by atoms with E-state index in [4.69, 9.17) is 4.74 Å². The van der Waals surface area contributed by atoms with Gasteiger partial charge in [-0.1, -0.05) is 37.5 Å². The van der Waals surface area contributed by atoms with E-state index in [2.05, 4.69) is 15.6 Å². The van der Waals surface area contributed by atoms with E-state index >= 15 is 0 Å². The molecule has 156 valence electrons. The molecule has 1 aromatic heterocycles. The molecular weight excluding hydrogens is 386 g/mol. The van der Waals surface area contributed by atoms with E-state index in [0.717, 1.165) is 43.4 Å². The maximum Gasteiger partial charge on any atom is 0.226 e. The van der Waals surface area contributed by atoms with Crippen LogP contribution in [0.3, 0.4) is 0 Å². The topological polar surface area (TPSA) is 80.3 Å². The van der Waals surface area contributed by atoms with Crippen LogP contribution < -0.4 is 10.6 Å². The fourth-order valence-electron chi connectivity index (χ4n) is 4.02. The van der Waals surface area contributed by atoms with Crippen molar-refractivity contribution >= 4 is 34.0 Å². The first-order chi connectivity index (χ1) is 14.1. The standard InChI is InChI=1S/C22H29N3O3S/c1-2-28-16-17-8-4-5-9-18(17)24-19(26)14-22(10-6-3-7-11-22)15-20(27)25-21-23-12-13-29-21/h4-5,8-9,12-13H,2-3,6-7,10-11,14-16H2,1H3,(H,24,26)(H,23,25,27). The number of aromatic nitrogens is 1. The summed E-state index contributed by atoms with van der Waals surface area (Å²) < 4.78 is 5.50. The van der Waals surface area contributed by atoms with E-state index in [1.165, 1.54) is 11.3 Å². The van der Waals surface area contributed by atoms with Gasteiger partial charge in [0.05, 0.1) is 6.61 Å². The van der Waals surface area contributed by atoms with E-state index in [-0.39, 0.29) is 17.2 Å². The summed E-state index contributed by atoms with van der Waals surface area (Å²) in [6.07, 6.45) is 7.43. The maximum atomic E-state index is 12.9. The normalized spacial score (nSPS) is 15.6. The highest BCUT2D eigenvalue weighted by Gasteiger charge is 2.36. The van der Waals surface area contributed by atoms with Gasteiger partial charge in [0.2, 0.25) is 11.8 Å². The second-order valence-electron chi connectivity index (χ2n) is 7.64. The lowest BCUT2D eigenvalue weighted by Gasteiger charge is -2.36. The van der Waals surface area contributed by atoms with Gasteiger partial charge in [-0.15, -0.1) is 11.3 Å². The molecule has 1 saturated carbocycles. The average Bonchev–Trinajstić information content (AvgIpc) is 3.20. The number of hydrogen-bond donors (Lipinski definition) is 2. The van der Waals surface area contributed by atoms with Crippen molar-refractivity contribution in [3.8, 4) is 0 Å². The van der Waals surface area contributed by atoms with Crippen LogP contribution in [0.15, 0.2) is 35.8 Å². The lowest BCUT2D eigenvalue weighted by atomic mass is 9.69. The summed E-state index contributed by atoms with van der Waals surface area (Å²) >= 11 is 1.40. The summed E-state index contributed by atoms with van der Waals surface area (Å²) in [5, 5.41) is 8.36. The van der Waals surface area contributed by atoms with Crippen LogP contribution in [0.5, 0.6) is 0 Å². The first-order valence-corrected chi connectivity index (χ1v) is 11.1. The zero-order chi connectivity index (χ0) is 20.5. The number of hydrogen-bond acceptors (Lipinski definition) is 5. The molecular formula is C22H29N3O3S. The number of carbonyl (C=O) groups is 2. The summed E-state index contributed by atoms with van der Waals surface area (Å²) in [7, 11) is 0. The van der Waals surface area contributed by atoms with Crippen LogP contribution in [0, 0.1) is 5.41 Å². The van der Waals surface area contributed by atoms with E-state index in [0.29, 0.717) is 31.2 Å². The molecule has 0 unspecified atom stereocenters. The van der Waals surface area contributed by atoms with Crippen molar-refractivity contribution in [3.63, 3.8) is 0 Å². The molecule has 0 radical (unpaired) electrons. The fourth-order valence-corrected chi connectivity index (χ4v) is 4.57. The van der Waals surface area contributed by atoms with E-state index in [1.54, 1.807) is 6.20 Å². The van der Waals surface area contributed by atoms with E-state index in [1.807, 2.05) is 36.6 Å². The first-order valence-electron chi connectivity index (χ1n) is 10.2. The third-order valence-corrected chi connectivity index (χ3v) is 6.11. The van der Waals surface area contributed by atoms with Crippen molar-refractivity contribution in [3.05, 3.63) is 41.4 Å². The molecule has 0 aliphatic heterocycles. The minimum atomic E-state index is -0.293. The molecule has 2 aromatic rings. The second-order valence-corrected chi connectivity index (χ2v) is 8.54. The molecule has 6 nitrogen and oxygen atoms in total. The lowest BCUT2D eigenvalue weighted by molar-refractivity contribution is -0.122. The van der Waals surface area contributed by atoms with Gasteiger partial charge in [0.1, 0.15) is 0 Å². The van der Waals surface area contributed by atoms with Crippen LogP contribution in [0.25, 0.3) is 0 Å². The van der Waals surface area contributed by atoms with Crippen LogP contribution in [0.1, 0.15) is 57.4 Å². The van der Waals surface area contributed by atoms with Gasteiger partial charge < -0.3 is 15.4 Å². The predicted octanol–water partition coefficient (Wildman–Crippen LogP) is 4.99. The number of amides is 2. The SMILES string of the molecule is CCOCc1ccccc1NC(=O)CC1(CC(=O)Nc2nccs2)CCCCC1. The highest BCUT2D eigenvalue weighted by molar-refractivity contribution is 7.13. The number of nitrogens with zero attached hydrogens (tertiary/aromatic N) is 1. The van der Waals surface area contributed by atoms with Gasteiger partial charge in [-0.25, -0.2) is 4.98 Å². The van der Waals surface area contributed by atoms with Crippen molar-refractivity contribution in [2.45, 2.75) is 58.5 Å². The number of thiazole rings is 1. The molecule has 0 saturated heterocycles. The Hall–Kier alpha value is -2.25. The molecule has 1 fully saturated rings. The predicted molar refractivity (Wildman–Crippen MR) is 116 cm³/mol. The minimum Gasteiger partial charge on any atom is -0.377 e. The molecule has 0 bridgehead atoms. The Bertz CT molecular complexity index is 801. The molecule has 1 aliphatic rings. The average molecular weight is 416 g/mol. The summed E-state index contributed by atoms with van der Waals surface area (Å²) in [6, 6.07) is 7.70. The van der Waals surface area contributed by atoms with Crippen molar-refractivity contribution in [1.82, 2.24) is 4.98 Å². The number of carbonyl (C=O) groups excluding carboxylic acids is 2. The molecule has 0 spiro atoms. The number of rotatable bonds is 9. The third kappa shape index (κ3) is 6.37. The summed E-state index contributed by atoms with van der Waals surface area (Å²) in [5.74, 6) is -0.107. The largest absolute Gasteiger partial charge is 0.377 e. The van der Waals surface area contributed by atoms with Crippen LogP contribution >= 0.6 is 11.3 Å². The smallest absolute Gasteiger partial charge is 0.226 e. The molecule has 29 heavy (non-hydrogen) atoms. The Morgan fingerprint density at radius 1 is 1.10 bits per heavy atom. The Morgan fingerprint density at radius 2 is 1.83 bits per heavy atom. The van der Waals surface area contributed by atoms with Crippen LogP contribution in [-0.4, -0.2) is 23.4 Å². The molecule has 1 aromatic carbocycles. The number of nitrogens with one attached hydrogen (secondary N) is 2. The number of ether oxygens (including phenoxy) is 1.